The summed E-state index contributed by atoms with van der Waals surface area (Å²) in [5.74, 6) is -2.38. The third-order valence-electron chi connectivity index (χ3n) is 3.53. The number of rotatable bonds is 4. The fourth-order valence-corrected chi connectivity index (χ4v) is 2.64. The van der Waals surface area contributed by atoms with E-state index in [9.17, 15) is 13.6 Å². The highest BCUT2D eigenvalue weighted by atomic mass is 19.1. The molecule has 3 nitrogen and oxygen atoms in total. The fraction of sp³-hybridized carbons (Fsp3) is 0.500. The van der Waals surface area contributed by atoms with E-state index >= 15 is 0 Å². The van der Waals surface area contributed by atoms with Gasteiger partial charge in [0.1, 0.15) is 11.6 Å². The van der Waals surface area contributed by atoms with Gasteiger partial charge in [0.2, 0.25) is 0 Å². The fourth-order valence-electron chi connectivity index (χ4n) is 2.64. The Hall–Kier alpha value is -1.49. The summed E-state index contributed by atoms with van der Waals surface area (Å²) in [6.45, 7) is 1.37. The molecule has 1 aliphatic rings. The highest BCUT2D eigenvalue weighted by Gasteiger charge is 2.29. The molecule has 0 bridgehead atoms. The number of aliphatic carboxylic acids is 1. The normalized spacial score (nSPS) is 18.2. The van der Waals surface area contributed by atoms with E-state index < -0.39 is 23.6 Å². The molecule has 0 aromatic heterocycles. The van der Waals surface area contributed by atoms with E-state index in [-0.39, 0.29) is 12.0 Å². The van der Waals surface area contributed by atoms with Crippen molar-refractivity contribution in [2.45, 2.75) is 31.7 Å². The van der Waals surface area contributed by atoms with Crippen molar-refractivity contribution >= 4 is 5.97 Å². The Morgan fingerprint density at radius 3 is 2.32 bits per heavy atom. The van der Waals surface area contributed by atoms with Gasteiger partial charge in [-0.05, 0) is 38.1 Å². The Labute approximate surface area is 110 Å². The standard InChI is InChI=1S/C14H17F2NO2/c15-10-5-4-6-11(16)14(10)12(9-13(18)19)17-7-2-1-3-8-17/h4-6,12H,1-3,7-9H2,(H,18,19). The lowest BCUT2D eigenvalue weighted by Crippen LogP contribution is -2.35. The van der Waals surface area contributed by atoms with Gasteiger partial charge in [0, 0.05) is 5.56 Å². The number of halogens is 2. The number of nitrogens with zero attached hydrogens (tertiary/aromatic N) is 1. The summed E-state index contributed by atoms with van der Waals surface area (Å²) in [4.78, 5) is 12.9. The minimum absolute atomic E-state index is 0.119. The molecule has 0 saturated carbocycles. The number of benzene rings is 1. The molecule has 104 valence electrons. The van der Waals surface area contributed by atoms with Crippen LogP contribution in [0, 0.1) is 11.6 Å². The molecule has 0 radical (unpaired) electrons. The molecule has 1 heterocycles. The van der Waals surface area contributed by atoms with Gasteiger partial charge in [0.25, 0.3) is 0 Å². The summed E-state index contributed by atoms with van der Waals surface area (Å²) < 4.78 is 27.7. The third-order valence-corrected chi connectivity index (χ3v) is 3.53. The van der Waals surface area contributed by atoms with Gasteiger partial charge in [0.15, 0.2) is 0 Å². The van der Waals surface area contributed by atoms with Crippen LogP contribution >= 0.6 is 0 Å². The van der Waals surface area contributed by atoms with Crippen LogP contribution in [0.4, 0.5) is 8.78 Å². The first-order chi connectivity index (χ1) is 9.09. The number of hydrogen-bond donors (Lipinski definition) is 1. The van der Waals surface area contributed by atoms with Crippen LogP contribution in [0.1, 0.15) is 37.3 Å². The summed E-state index contributed by atoms with van der Waals surface area (Å²) in [7, 11) is 0. The van der Waals surface area contributed by atoms with Crippen LogP contribution in [0.2, 0.25) is 0 Å². The Kier molecular flexibility index (Phi) is 4.47. The predicted molar refractivity (Wildman–Crippen MR) is 66.8 cm³/mol. The number of piperidine rings is 1. The quantitative estimate of drug-likeness (QED) is 0.913. The van der Waals surface area contributed by atoms with Crippen LogP contribution in [0.15, 0.2) is 18.2 Å². The summed E-state index contributed by atoms with van der Waals surface area (Å²) >= 11 is 0. The summed E-state index contributed by atoms with van der Waals surface area (Å²) in [6.07, 6.45) is 2.67. The lowest BCUT2D eigenvalue weighted by atomic mass is 9.98. The molecule has 0 aliphatic carbocycles. The molecule has 1 unspecified atom stereocenters. The monoisotopic (exact) mass is 269 g/mol. The van der Waals surface area contributed by atoms with Gasteiger partial charge in [-0.1, -0.05) is 12.5 Å². The zero-order valence-corrected chi connectivity index (χ0v) is 10.6. The Morgan fingerprint density at radius 1 is 1.21 bits per heavy atom. The first kappa shape index (κ1) is 13.9. The average Bonchev–Trinajstić information content (AvgIpc) is 2.38. The molecule has 5 heteroatoms. The van der Waals surface area contributed by atoms with Crippen molar-refractivity contribution in [3.05, 3.63) is 35.4 Å². The van der Waals surface area contributed by atoms with Crippen LogP contribution in [-0.2, 0) is 4.79 Å². The van der Waals surface area contributed by atoms with Crippen LogP contribution < -0.4 is 0 Å². The molecule has 1 aromatic carbocycles. The Morgan fingerprint density at radius 2 is 1.79 bits per heavy atom. The van der Waals surface area contributed by atoms with Crippen molar-refractivity contribution in [3.8, 4) is 0 Å². The Bertz CT molecular complexity index is 439. The van der Waals surface area contributed by atoms with E-state index in [0.717, 1.165) is 19.3 Å². The van der Waals surface area contributed by atoms with Crippen LogP contribution in [-0.4, -0.2) is 29.1 Å². The first-order valence-electron chi connectivity index (χ1n) is 6.49. The zero-order chi connectivity index (χ0) is 13.8. The second kappa shape index (κ2) is 6.10. The molecule has 1 aromatic rings. The molecule has 1 N–H and O–H groups in total. The number of likely N-dealkylation sites (tertiary alicyclic amines) is 1. The highest BCUT2D eigenvalue weighted by Crippen LogP contribution is 2.31. The van der Waals surface area contributed by atoms with Crippen LogP contribution in [0.3, 0.4) is 0 Å². The SMILES string of the molecule is O=C(O)CC(c1c(F)cccc1F)N1CCCCC1. The molecule has 0 spiro atoms. The third kappa shape index (κ3) is 3.29. The van der Waals surface area contributed by atoms with Gasteiger partial charge in [-0.2, -0.15) is 0 Å². The molecule has 1 saturated heterocycles. The minimum atomic E-state index is -1.04. The maximum absolute atomic E-state index is 13.8. The first-order valence-corrected chi connectivity index (χ1v) is 6.49. The van der Waals surface area contributed by atoms with E-state index in [0.29, 0.717) is 13.1 Å². The van der Waals surface area contributed by atoms with Crippen molar-refractivity contribution in [1.82, 2.24) is 4.90 Å². The lowest BCUT2D eigenvalue weighted by Gasteiger charge is -2.34. The summed E-state index contributed by atoms with van der Waals surface area (Å²) in [5, 5.41) is 8.99. The molecule has 0 amide bonds. The van der Waals surface area contributed by atoms with Crippen molar-refractivity contribution < 1.29 is 18.7 Å². The minimum Gasteiger partial charge on any atom is -0.481 e. The van der Waals surface area contributed by atoms with Crippen molar-refractivity contribution in [2.24, 2.45) is 0 Å². The number of carboxylic acid groups (broad SMARTS) is 1. The van der Waals surface area contributed by atoms with E-state index in [1.165, 1.54) is 18.2 Å². The number of hydrogen-bond acceptors (Lipinski definition) is 2. The van der Waals surface area contributed by atoms with E-state index in [4.69, 9.17) is 5.11 Å². The maximum Gasteiger partial charge on any atom is 0.305 e. The molecule has 1 fully saturated rings. The number of carboxylic acids is 1. The van der Waals surface area contributed by atoms with Gasteiger partial charge in [0.05, 0.1) is 12.5 Å². The highest BCUT2D eigenvalue weighted by molar-refractivity contribution is 5.68. The molecule has 2 rings (SSSR count). The topological polar surface area (TPSA) is 40.5 Å². The predicted octanol–water partition coefficient (Wildman–Crippen LogP) is 2.97. The van der Waals surface area contributed by atoms with Crippen LogP contribution in [0.5, 0.6) is 0 Å². The molecule has 1 aliphatic heterocycles. The van der Waals surface area contributed by atoms with Gasteiger partial charge in [-0.15, -0.1) is 0 Å². The van der Waals surface area contributed by atoms with E-state index in [2.05, 4.69) is 0 Å². The summed E-state index contributed by atoms with van der Waals surface area (Å²) in [5.41, 5.74) is -0.119. The molecule has 1 atom stereocenters. The van der Waals surface area contributed by atoms with Crippen molar-refractivity contribution in [1.29, 1.82) is 0 Å². The molecule has 19 heavy (non-hydrogen) atoms. The van der Waals surface area contributed by atoms with Gasteiger partial charge in [-0.3, -0.25) is 9.69 Å². The zero-order valence-electron chi connectivity index (χ0n) is 10.6. The van der Waals surface area contributed by atoms with E-state index in [1.54, 1.807) is 0 Å². The molecular weight excluding hydrogens is 252 g/mol. The average molecular weight is 269 g/mol. The van der Waals surface area contributed by atoms with E-state index in [1.807, 2.05) is 4.90 Å². The van der Waals surface area contributed by atoms with Crippen molar-refractivity contribution in [2.75, 3.05) is 13.1 Å². The van der Waals surface area contributed by atoms with Gasteiger partial charge >= 0.3 is 5.97 Å². The van der Waals surface area contributed by atoms with Crippen molar-refractivity contribution in [3.63, 3.8) is 0 Å². The maximum atomic E-state index is 13.8. The smallest absolute Gasteiger partial charge is 0.305 e. The van der Waals surface area contributed by atoms with Gasteiger partial charge < -0.3 is 5.11 Å². The Balaban J connectivity index is 2.33. The van der Waals surface area contributed by atoms with Crippen LogP contribution in [0.25, 0.3) is 0 Å². The lowest BCUT2D eigenvalue weighted by molar-refractivity contribution is -0.138. The summed E-state index contributed by atoms with van der Waals surface area (Å²) in [6, 6.07) is 2.93. The number of carbonyl (C=O) groups is 1. The largest absolute Gasteiger partial charge is 0.481 e. The second-order valence-corrected chi connectivity index (χ2v) is 4.85. The molecular formula is C14H17F2NO2. The van der Waals surface area contributed by atoms with Gasteiger partial charge in [-0.25, -0.2) is 8.78 Å². The second-order valence-electron chi connectivity index (χ2n) is 4.85.